The molecule has 0 aromatic heterocycles. The van der Waals surface area contributed by atoms with Crippen LogP contribution in [0.5, 0.6) is 0 Å². The van der Waals surface area contributed by atoms with Crippen LogP contribution in [0.25, 0.3) is 11.1 Å². The molecule has 1 amide bonds. The van der Waals surface area contributed by atoms with Gasteiger partial charge in [-0.25, -0.2) is 14.0 Å². The van der Waals surface area contributed by atoms with Gasteiger partial charge in [0, 0.05) is 15.6 Å². The molecule has 2 aromatic carbocycles. The smallest absolute Gasteiger partial charge is 0.408 e. The fraction of sp³-hybridized carbons (Fsp3) is 0.167. The highest BCUT2D eigenvalue weighted by Gasteiger charge is 2.27. The van der Waals surface area contributed by atoms with E-state index in [4.69, 9.17) is 4.74 Å². The van der Waals surface area contributed by atoms with Gasteiger partial charge in [-0.15, -0.1) is 0 Å². The van der Waals surface area contributed by atoms with E-state index in [2.05, 4.69) is 5.32 Å². The Morgan fingerprint density at radius 1 is 1.19 bits per heavy atom. The molecular weight excluding hydrogens is 512 g/mol. The van der Waals surface area contributed by atoms with Crippen molar-refractivity contribution >= 4 is 45.8 Å². The van der Waals surface area contributed by atoms with Gasteiger partial charge < -0.3 is 15.2 Å². The molecule has 0 spiro atoms. The van der Waals surface area contributed by atoms with E-state index in [1.807, 2.05) is 65.1 Å². The van der Waals surface area contributed by atoms with Gasteiger partial charge in [0.25, 0.3) is 0 Å². The summed E-state index contributed by atoms with van der Waals surface area (Å²) in [6, 6.07) is 11.0. The van der Waals surface area contributed by atoms with E-state index in [0.717, 1.165) is 34.3 Å². The second-order valence-electron chi connectivity index (χ2n) is 7.31. The number of halogens is 2. The molecule has 0 fully saturated rings. The monoisotopic (exact) mass is 531 g/mol. The molecule has 0 bridgehead atoms. The minimum atomic E-state index is -1.23. The molecule has 0 radical (unpaired) electrons. The van der Waals surface area contributed by atoms with Gasteiger partial charge in [0.2, 0.25) is 0 Å². The predicted molar refractivity (Wildman–Crippen MR) is 124 cm³/mol. The van der Waals surface area contributed by atoms with Crippen LogP contribution in [0.1, 0.15) is 23.1 Å². The van der Waals surface area contributed by atoms with Crippen molar-refractivity contribution < 1.29 is 23.8 Å². The Morgan fingerprint density at radius 3 is 2.71 bits per heavy atom. The molecule has 7 heteroatoms. The van der Waals surface area contributed by atoms with Crippen molar-refractivity contribution in [3.05, 3.63) is 92.3 Å². The molecule has 2 aliphatic rings. The predicted octanol–water partition coefficient (Wildman–Crippen LogP) is 4.96. The van der Waals surface area contributed by atoms with E-state index in [1.165, 1.54) is 12.1 Å². The normalized spacial score (nSPS) is 15.1. The molecular formula is C24H19FINO4. The number of carbonyl (C=O) groups excluding carboxylic acids is 1. The summed E-state index contributed by atoms with van der Waals surface area (Å²) < 4.78 is 19.7. The Bertz CT molecular complexity index is 1130. The highest BCUT2D eigenvalue weighted by molar-refractivity contribution is 14.1. The maximum Gasteiger partial charge on any atom is 0.408 e. The molecule has 0 aliphatic heterocycles. The lowest BCUT2D eigenvalue weighted by Gasteiger charge is -2.16. The van der Waals surface area contributed by atoms with Gasteiger partial charge in [0.1, 0.15) is 18.5 Å². The van der Waals surface area contributed by atoms with Crippen molar-refractivity contribution in [1.82, 2.24) is 5.32 Å². The molecule has 2 aliphatic carbocycles. The van der Waals surface area contributed by atoms with E-state index in [1.54, 1.807) is 6.07 Å². The van der Waals surface area contributed by atoms with E-state index >= 15 is 0 Å². The van der Waals surface area contributed by atoms with Crippen LogP contribution in [0.2, 0.25) is 0 Å². The van der Waals surface area contributed by atoms with Gasteiger partial charge in [-0.1, -0.05) is 42.5 Å². The number of ether oxygens (including phenoxy) is 1. The van der Waals surface area contributed by atoms with Gasteiger partial charge in [-0.05, 0) is 75.0 Å². The average Bonchev–Trinajstić information content (AvgIpc) is 3.05. The molecule has 1 atom stereocenters. The topological polar surface area (TPSA) is 75.6 Å². The van der Waals surface area contributed by atoms with Crippen molar-refractivity contribution in [2.24, 2.45) is 0 Å². The Kier molecular flexibility index (Phi) is 6.22. The van der Waals surface area contributed by atoms with Gasteiger partial charge in [0.05, 0.1) is 0 Å². The quantitative estimate of drug-likeness (QED) is 0.517. The molecule has 0 saturated carbocycles. The van der Waals surface area contributed by atoms with Crippen LogP contribution in [0, 0.1) is 9.39 Å². The highest BCUT2D eigenvalue weighted by atomic mass is 127. The zero-order valence-corrected chi connectivity index (χ0v) is 18.6. The number of alkyl carbamates (subject to hydrolysis) is 1. The maximum absolute atomic E-state index is 13.6. The lowest BCUT2D eigenvalue weighted by atomic mass is 9.97. The van der Waals surface area contributed by atoms with Crippen LogP contribution in [0.4, 0.5) is 9.18 Å². The fourth-order valence-electron chi connectivity index (χ4n) is 3.89. The van der Waals surface area contributed by atoms with Crippen molar-refractivity contribution in [1.29, 1.82) is 0 Å². The summed E-state index contributed by atoms with van der Waals surface area (Å²) in [4.78, 5) is 24.0. The second-order valence-corrected chi connectivity index (χ2v) is 8.55. The van der Waals surface area contributed by atoms with Crippen LogP contribution in [-0.2, 0) is 16.0 Å². The number of carbonyl (C=O) groups is 2. The third kappa shape index (κ3) is 4.71. The third-order valence-corrected chi connectivity index (χ3v) is 5.88. The Balaban J connectivity index is 1.45. The molecule has 4 rings (SSSR count). The number of hydrogen-bond donors (Lipinski definition) is 2. The summed E-state index contributed by atoms with van der Waals surface area (Å²) in [5, 5.41) is 11.9. The molecule has 0 saturated heterocycles. The summed E-state index contributed by atoms with van der Waals surface area (Å²) >= 11 is 1.96. The number of carboxylic acids is 1. The van der Waals surface area contributed by atoms with Crippen LogP contribution >= 0.6 is 22.6 Å². The standard InChI is InChI=1S/C24H19FINO4/c25-15-9-14(10-16(26)12-15)11-22(23(28)29)27-24(30)31-13-21-19-7-3-1-5-17(19)18-6-2-4-8-20(18)21/h1-7,9-10,12,22H,8,11,13H2,(H,27,30)(H,28,29)/t22-/m0/s1. The van der Waals surface area contributed by atoms with Crippen LogP contribution < -0.4 is 5.32 Å². The van der Waals surface area contributed by atoms with Gasteiger partial charge in [-0.2, -0.15) is 0 Å². The van der Waals surface area contributed by atoms with E-state index in [-0.39, 0.29) is 13.0 Å². The number of hydrogen-bond acceptors (Lipinski definition) is 3. The first kappa shape index (κ1) is 21.3. The Hall–Kier alpha value is -2.94. The lowest BCUT2D eigenvalue weighted by molar-refractivity contribution is -0.139. The number of fused-ring (bicyclic) bond motifs is 3. The van der Waals surface area contributed by atoms with Crippen molar-refractivity contribution in [2.45, 2.75) is 18.9 Å². The maximum atomic E-state index is 13.6. The minimum absolute atomic E-state index is 0.0353. The minimum Gasteiger partial charge on any atom is -0.480 e. The molecule has 0 heterocycles. The molecule has 0 unspecified atom stereocenters. The summed E-state index contributed by atoms with van der Waals surface area (Å²) in [5.74, 6) is -1.67. The summed E-state index contributed by atoms with van der Waals surface area (Å²) in [7, 11) is 0. The molecule has 158 valence electrons. The average molecular weight is 531 g/mol. The first-order valence-corrected chi connectivity index (χ1v) is 10.8. The number of aliphatic carboxylic acids is 1. The first-order valence-electron chi connectivity index (χ1n) is 9.72. The molecule has 2 aromatic rings. The Morgan fingerprint density at radius 2 is 1.97 bits per heavy atom. The largest absolute Gasteiger partial charge is 0.480 e. The van der Waals surface area contributed by atoms with Crippen LogP contribution in [-0.4, -0.2) is 29.8 Å². The number of carboxylic acid groups (broad SMARTS) is 1. The number of benzene rings is 2. The first-order chi connectivity index (χ1) is 14.9. The highest BCUT2D eigenvalue weighted by Crippen LogP contribution is 2.44. The molecule has 2 N–H and O–H groups in total. The molecule has 31 heavy (non-hydrogen) atoms. The number of allylic oxidation sites excluding steroid dienone is 5. The SMILES string of the molecule is O=C(N[C@@H](Cc1cc(F)cc(I)c1)C(=O)O)OCC1=C2CC=CC=C2c2ccccc21. The summed E-state index contributed by atoms with van der Waals surface area (Å²) in [5.41, 5.74) is 5.76. The van der Waals surface area contributed by atoms with E-state index < -0.39 is 23.9 Å². The van der Waals surface area contributed by atoms with Crippen LogP contribution in [0.15, 0.2) is 66.3 Å². The number of rotatable bonds is 6. The Labute approximate surface area is 192 Å². The summed E-state index contributed by atoms with van der Waals surface area (Å²) in [6.45, 7) is 0.0353. The van der Waals surface area contributed by atoms with Gasteiger partial charge in [0.15, 0.2) is 0 Å². The fourth-order valence-corrected chi connectivity index (χ4v) is 4.59. The lowest BCUT2D eigenvalue weighted by Crippen LogP contribution is -2.42. The zero-order valence-electron chi connectivity index (χ0n) is 16.4. The van der Waals surface area contributed by atoms with E-state index in [0.29, 0.717) is 9.13 Å². The van der Waals surface area contributed by atoms with Crippen molar-refractivity contribution in [3.63, 3.8) is 0 Å². The van der Waals surface area contributed by atoms with Crippen molar-refractivity contribution in [2.75, 3.05) is 6.61 Å². The molecule has 5 nitrogen and oxygen atoms in total. The number of nitrogens with one attached hydrogen (secondary N) is 1. The van der Waals surface area contributed by atoms with E-state index in [9.17, 15) is 19.1 Å². The second kappa shape index (κ2) is 9.05. The van der Waals surface area contributed by atoms with Crippen molar-refractivity contribution in [3.8, 4) is 0 Å². The zero-order chi connectivity index (χ0) is 22.0. The van der Waals surface area contributed by atoms with Gasteiger partial charge in [-0.3, -0.25) is 0 Å². The van der Waals surface area contributed by atoms with Crippen LogP contribution in [0.3, 0.4) is 0 Å². The third-order valence-electron chi connectivity index (χ3n) is 5.25. The number of amides is 1. The summed E-state index contributed by atoms with van der Waals surface area (Å²) in [6.07, 6.45) is 5.98. The van der Waals surface area contributed by atoms with Gasteiger partial charge >= 0.3 is 12.1 Å².